The standard InChI is InChI=1S/C46H28O/c1-4-11-36-31(8-1)24-26-40-42(36)28-35-10-3-5-12-38(35)44(40)34-22-18-30(19-23-34)29-16-20-33(21-17-29)37-14-7-15-43-45(37)41-27-25-32-9-2-6-13-39(32)46(41)47-43/h1-28H. The van der Waals surface area contributed by atoms with E-state index in [1.54, 1.807) is 0 Å². The third kappa shape index (κ3) is 4.03. The second-order valence-corrected chi connectivity index (χ2v) is 12.5. The summed E-state index contributed by atoms with van der Waals surface area (Å²) in [4.78, 5) is 0. The summed E-state index contributed by atoms with van der Waals surface area (Å²) in [6, 6.07) is 61.5. The smallest absolute Gasteiger partial charge is 0.143 e. The summed E-state index contributed by atoms with van der Waals surface area (Å²) in [6.45, 7) is 0. The van der Waals surface area contributed by atoms with Crippen LogP contribution in [-0.4, -0.2) is 0 Å². The predicted octanol–water partition coefficient (Wildman–Crippen LogP) is 13.2. The summed E-state index contributed by atoms with van der Waals surface area (Å²) in [5.74, 6) is 0. The van der Waals surface area contributed by atoms with Crippen LogP contribution in [0.2, 0.25) is 0 Å². The van der Waals surface area contributed by atoms with Crippen molar-refractivity contribution in [2.75, 3.05) is 0 Å². The van der Waals surface area contributed by atoms with Crippen LogP contribution in [0, 0.1) is 0 Å². The van der Waals surface area contributed by atoms with Gasteiger partial charge in [0.2, 0.25) is 0 Å². The molecule has 0 unspecified atom stereocenters. The highest BCUT2D eigenvalue weighted by atomic mass is 16.3. The first-order valence-corrected chi connectivity index (χ1v) is 16.2. The van der Waals surface area contributed by atoms with Gasteiger partial charge in [-0.3, -0.25) is 0 Å². The minimum absolute atomic E-state index is 0.919. The molecule has 47 heavy (non-hydrogen) atoms. The van der Waals surface area contributed by atoms with Crippen LogP contribution < -0.4 is 0 Å². The highest BCUT2D eigenvalue weighted by Crippen LogP contribution is 2.41. The molecule has 0 saturated carbocycles. The van der Waals surface area contributed by atoms with E-state index in [0.717, 1.165) is 21.9 Å². The van der Waals surface area contributed by atoms with Crippen LogP contribution in [0.15, 0.2) is 174 Å². The predicted molar refractivity (Wildman–Crippen MR) is 200 cm³/mol. The number of hydrogen-bond acceptors (Lipinski definition) is 1. The minimum Gasteiger partial charge on any atom is -0.455 e. The Morgan fingerprint density at radius 2 is 0.894 bits per heavy atom. The molecule has 0 bridgehead atoms. The van der Waals surface area contributed by atoms with Gasteiger partial charge in [-0.05, 0) is 89.3 Å². The summed E-state index contributed by atoms with van der Waals surface area (Å²) < 4.78 is 6.44. The number of hydrogen-bond donors (Lipinski definition) is 0. The third-order valence-electron chi connectivity index (χ3n) is 9.86. The summed E-state index contributed by atoms with van der Waals surface area (Å²) in [5, 5.41) is 12.4. The SMILES string of the molecule is c1ccc2c(-c3ccc(-c4ccc(-c5cccc6oc7c8ccccc8ccc7c56)cc4)cc3)c3ccc4ccccc4c3cc2c1. The van der Waals surface area contributed by atoms with E-state index in [-0.39, 0.29) is 0 Å². The van der Waals surface area contributed by atoms with Gasteiger partial charge in [0, 0.05) is 16.2 Å². The molecule has 1 heterocycles. The van der Waals surface area contributed by atoms with Crippen LogP contribution in [0.25, 0.3) is 98.4 Å². The number of fused-ring (bicyclic) bond motifs is 9. The molecule has 1 nitrogen and oxygen atoms in total. The van der Waals surface area contributed by atoms with Gasteiger partial charge in [0.25, 0.3) is 0 Å². The van der Waals surface area contributed by atoms with Gasteiger partial charge in [-0.25, -0.2) is 0 Å². The molecule has 0 atom stereocenters. The van der Waals surface area contributed by atoms with Crippen LogP contribution in [0.1, 0.15) is 0 Å². The lowest BCUT2D eigenvalue weighted by Gasteiger charge is -2.14. The van der Waals surface area contributed by atoms with Gasteiger partial charge in [-0.2, -0.15) is 0 Å². The molecule has 218 valence electrons. The van der Waals surface area contributed by atoms with Crippen LogP contribution >= 0.6 is 0 Å². The maximum Gasteiger partial charge on any atom is 0.143 e. The summed E-state index contributed by atoms with van der Waals surface area (Å²) >= 11 is 0. The van der Waals surface area contributed by atoms with Crippen molar-refractivity contribution in [3.05, 3.63) is 170 Å². The molecule has 1 aromatic heterocycles. The van der Waals surface area contributed by atoms with Gasteiger partial charge in [-0.15, -0.1) is 0 Å². The molecule has 0 N–H and O–H groups in total. The monoisotopic (exact) mass is 596 g/mol. The Kier molecular flexibility index (Phi) is 5.64. The average Bonchev–Trinajstić information content (AvgIpc) is 3.54. The fourth-order valence-electron chi connectivity index (χ4n) is 7.60. The van der Waals surface area contributed by atoms with E-state index in [1.807, 2.05) is 0 Å². The van der Waals surface area contributed by atoms with Crippen molar-refractivity contribution in [1.82, 2.24) is 0 Å². The molecule has 0 aliphatic heterocycles. The maximum absolute atomic E-state index is 6.44. The van der Waals surface area contributed by atoms with Gasteiger partial charge >= 0.3 is 0 Å². The molecule has 0 amide bonds. The van der Waals surface area contributed by atoms with Gasteiger partial charge in [-0.1, -0.05) is 152 Å². The molecular weight excluding hydrogens is 569 g/mol. The van der Waals surface area contributed by atoms with E-state index in [2.05, 4.69) is 170 Å². The van der Waals surface area contributed by atoms with Gasteiger partial charge < -0.3 is 4.42 Å². The Balaban J connectivity index is 1.05. The summed E-state index contributed by atoms with van der Waals surface area (Å²) in [7, 11) is 0. The highest BCUT2D eigenvalue weighted by molar-refractivity contribution is 6.21. The first-order chi connectivity index (χ1) is 23.3. The minimum atomic E-state index is 0.919. The van der Waals surface area contributed by atoms with Crippen molar-refractivity contribution in [3.8, 4) is 33.4 Å². The van der Waals surface area contributed by atoms with E-state index in [4.69, 9.17) is 4.42 Å². The van der Waals surface area contributed by atoms with E-state index in [9.17, 15) is 0 Å². The second-order valence-electron chi connectivity index (χ2n) is 12.5. The van der Waals surface area contributed by atoms with E-state index in [1.165, 1.54) is 76.5 Å². The summed E-state index contributed by atoms with van der Waals surface area (Å²) in [6.07, 6.45) is 0. The Morgan fingerprint density at radius 1 is 0.319 bits per heavy atom. The molecule has 10 rings (SSSR count). The Morgan fingerprint density at radius 3 is 1.64 bits per heavy atom. The first kappa shape index (κ1) is 26.1. The zero-order chi connectivity index (χ0) is 30.9. The van der Waals surface area contributed by atoms with E-state index >= 15 is 0 Å². The molecule has 0 radical (unpaired) electrons. The molecule has 1 heteroatoms. The van der Waals surface area contributed by atoms with Crippen molar-refractivity contribution in [2.24, 2.45) is 0 Å². The Bertz CT molecular complexity index is 2820. The van der Waals surface area contributed by atoms with Crippen LogP contribution in [0.3, 0.4) is 0 Å². The van der Waals surface area contributed by atoms with E-state index < -0.39 is 0 Å². The zero-order valence-corrected chi connectivity index (χ0v) is 25.6. The molecule has 0 aliphatic carbocycles. The van der Waals surface area contributed by atoms with Crippen molar-refractivity contribution < 1.29 is 4.42 Å². The lowest BCUT2D eigenvalue weighted by atomic mass is 9.89. The topological polar surface area (TPSA) is 13.1 Å². The first-order valence-electron chi connectivity index (χ1n) is 16.2. The fourth-order valence-corrected chi connectivity index (χ4v) is 7.60. The molecule has 9 aromatic carbocycles. The van der Waals surface area contributed by atoms with Crippen LogP contribution in [0.5, 0.6) is 0 Å². The average molecular weight is 597 g/mol. The van der Waals surface area contributed by atoms with Gasteiger partial charge in [0.1, 0.15) is 11.2 Å². The van der Waals surface area contributed by atoms with Crippen molar-refractivity contribution >= 4 is 65.0 Å². The molecule has 0 fully saturated rings. The largest absolute Gasteiger partial charge is 0.455 e. The number of furan rings is 1. The third-order valence-corrected chi connectivity index (χ3v) is 9.86. The molecular formula is C46H28O. The van der Waals surface area contributed by atoms with Crippen LogP contribution in [-0.2, 0) is 0 Å². The van der Waals surface area contributed by atoms with Crippen molar-refractivity contribution in [2.45, 2.75) is 0 Å². The number of benzene rings is 9. The normalized spacial score (nSPS) is 11.8. The maximum atomic E-state index is 6.44. The highest BCUT2D eigenvalue weighted by Gasteiger charge is 2.15. The molecule has 10 aromatic rings. The molecule has 0 aliphatic rings. The molecule has 0 spiro atoms. The Labute approximate surface area is 271 Å². The van der Waals surface area contributed by atoms with Crippen molar-refractivity contribution in [1.29, 1.82) is 0 Å². The van der Waals surface area contributed by atoms with Gasteiger partial charge in [0.05, 0.1) is 0 Å². The lowest BCUT2D eigenvalue weighted by Crippen LogP contribution is -1.87. The van der Waals surface area contributed by atoms with Crippen molar-refractivity contribution in [3.63, 3.8) is 0 Å². The summed E-state index contributed by atoms with van der Waals surface area (Å²) in [5.41, 5.74) is 9.16. The lowest BCUT2D eigenvalue weighted by molar-refractivity contribution is 0.673. The fraction of sp³-hybridized carbons (Fsp3) is 0. The van der Waals surface area contributed by atoms with Crippen LogP contribution in [0.4, 0.5) is 0 Å². The van der Waals surface area contributed by atoms with E-state index in [0.29, 0.717) is 0 Å². The number of rotatable bonds is 3. The van der Waals surface area contributed by atoms with Gasteiger partial charge in [0.15, 0.2) is 0 Å². The zero-order valence-electron chi connectivity index (χ0n) is 25.6. The Hall–Kier alpha value is -6.18. The molecule has 0 saturated heterocycles. The second kappa shape index (κ2) is 10.2. The quantitative estimate of drug-likeness (QED) is 0.146.